The van der Waals surface area contributed by atoms with Crippen molar-refractivity contribution in [2.24, 2.45) is 0 Å². The number of carboxylic acid groups (broad SMARTS) is 1. The lowest BCUT2D eigenvalue weighted by Gasteiger charge is -2.38. The first-order valence-corrected chi connectivity index (χ1v) is 8.08. The minimum Gasteiger partial charge on any atom is -0.479 e. The van der Waals surface area contributed by atoms with Crippen LogP contribution in [0, 0.1) is 0 Å². The van der Waals surface area contributed by atoms with Gasteiger partial charge in [0.2, 0.25) is 11.4 Å². The number of carbonyl (C=O) groups is 1. The minimum atomic E-state index is -5.33. The zero-order chi connectivity index (χ0) is 18.0. The summed E-state index contributed by atoms with van der Waals surface area (Å²) < 4.78 is 28.2. The zero-order valence-corrected chi connectivity index (χ0v) is 12.2. The van der Waals surface area contributed by atoms with Crippen molar-refractivity contribution >= 4 is 21.6 Å². The summed E-state index contributed by atoms with van der Waals surface area (Å²) in [6.07, 6.45) is -2.80. The molecule has 0 radical (unpaired) electrons. The van der Waals surface area contributed by atoms with Crippen molar-refractivity contribution in [1.82, 2.24) is 0 Å². The smallest absolute Gasteiger partial charge is 0.469 e. The molecular weight excluding hydrogens is 358 g/mol. The maximum absolute atomic E-state index is 10.9. The van der Waals surface area contributed by atoms with Gasteiger partial charge >= 0.3 is 21.6 Å². The molecule has 0 spiro atoms. The first-order chi connectivity index (χ1) is 9.53. The van der Waals surface area contributed by atoms with Gasteiger partial charge in [0.05, 0.1) is 6.61 Å². The van der Waals surface area contributed by atoms with Gasteiger partial charge in [-0.25, -0.2) is 13.9 Å². The van der Waals surface area contributed by atoms with E-state index in [1.54, 1.807) is 0 Å². The van der Waals surface area contributed by atoms with Gasteiger partial charge in [0, 0.05) is 0 Å². The highest BCUT2D eigenvalue weighted by Crippen LogP contribution is 2.40. The van der Waals surface area contributed by atoms with Gasteiger partial charge < -0.3 is 45.1 Å². The summed E-state index contributed by atoms with van der Waals surface area (Å²) in [5, 5.41) is 46.6. The summed E-state index contributed by atoms with van der Waals surface area (Å²) >= 11 is 0. The van der Waals surface area contributed by atoms with Crippen LogP contribution in [0.3, 0.4) is 0 Å². The van der Waals surface area contributed by atoms with E-state index in [-0.39, 0.29) is 0 Å². The van der Waals surface area contributed by atoms with Crippen LogP contribution in [0.2, 0.25) is 0 Å². The standard InChI is InChI=1S/C6H14O14P2/c7-3(1-19-21(13,14)15)6(11,12)5(10,4(8)9)2-20-22(16,17)18/h3,7,10-12H,1-2H2,(H,8,9)(H2,13,14,15)(H2,16,17,18). The molecule has 0 bridgehead atoms. The number of rotatable bonds is 9. The number of hydrogen-bond donors (Lipinski definition) is 9. The Morgan fingerprint density at radius 3 is 1.73 bits per heavy atom. The Bertz CT molecular complexity index is 490. The van der Waals surface area contributed by atoms with Crippen LogP contribution < -0.4 is 0 Å². The number of aliphatic carboxylic acids is 1. The first kappa shape index (κ1) is 21.5. The molecule has 0 rings (SSSR count). The van der Waals surface area contributed by atoms with Crippen LogP contribution in [-0.2, 0) is 23.0 Å². The fourth-order valence-corrected chi connectivity index (χ4v) is 1.75. The summed E-state index contributed by atoms with van der Waals surface area (Å²) in [6, 6.07) is 0. The molecule has 0 saturated carbocycles. The Kier molecular flexibility index (Phi) is 6.82. The van der Waals surface area contributed by atoms with Crippen LogP contribution >= 0.6 is 15.6 Å². The summed E-state index contributed by atoms with van der Waals surface area (Å²) in [4.78, 5) is 44.4. The second-order valence-electron chi connectivity index (χ2n) is 3.96. The van der Waals surface area contributed by atoms with E-state index in [0.29, 0.717) is 0 Å². The predicted octanol–water partition coefficient (Wildman–Crippen LogP) is -3.94. The molecule has 0 aliphatic carbocycles. The van der Waals surface area contributed by atoms with Crippen molar-refractivity contribution in [1.29, 1.82) is 0 Å². The van der Waals surface area contributed by atoms with E-state index in [9.17, 15) is 34.4 Å². The van der Waals surface area contributed by atoms with Crippen molar-refractivity contribution < 1.29 is 68.1 Å². The number of phosphoric acid groups is 2. The number of phosphoric ester groups is 2. The Balaban J connectivity index is 5.31. The predicted molar refractivity (Wildman–Crippen MR) is 61.8 cm³/mol. The van der Waals surface area contributed by atoms with Gasteiger partial charge in [-0.05, 0) is 0 Å². The van der Waals surface area contributed by atoms with E-state index < -0.39 is 52.3 Å². The van der Waals surface area contributed by atoms with E-state index >= 15 is 0 Å². The highest BCUT2D eigenvalue weighted by Gasteiger charge is 2.60. The van der Waals surface area contributed by atoms with Gasteiger partial charge in [-0.2, -0.15) is 0 Å². The third-order valence-corrected chi connectivity index (χ3v) is 3.22. The largest absolute Gasteiger partial charge is 0.479 e. The Morgan fingerprint density at radius 1 is 1.00 bits per heavy atom. The van der Waals surface area contributed by atoms with Crippen molar-refractivity contribution in [2.45, 2.75) is 17.5 Å². The Labute approximate surface area is 121 Å². The average molecular weight is 372 g/mol. The maximum atomic E-state index is 10.9. The molecule has 132 valence electrons. The van der Waals surface area contributed by atoms with E-state index in [1.807, 2.05) is 0 Å². The van der Waals surface area contributed by atoms with E-state index in [2.05, 4.69) is 9.05 Å². The van der Waals surface area contributed by atoms with Crippen LogP contribution in [0.1, 0.15) is 0 Å². The lowest BCUT2D eigenvalue weighted by Crippen LogP contribution is -2.68. The van der Waals surface area contributed by atoms with Crippen LogP contribution in [0.15, 0.2) is 0 Å². The second kappa shape index (κ2) is 6.97. The molecular formula is C6H14O14P2. The molecule has 0 fully saturated rings. The van der Waals surface area contributed by atoms with Gasteiger partial charge in [0.1, 0.15) is 12.7 Å². The normalized spacial score (nSPS) is 17.8. The third-order valence-electron chi connectivity index (χ3n) is 2.27. The maximum Gasteiger partial charge on any atom is 0.469 e. The molecule has 0 aromatic rings. The zero-order valence-electron chi connectivity index (χ0n) is 10.5. The van der Waals surface area contributed by atoms with Gasteiger partial charge in [-0.3, -0.25) is 9.05 Å². The van der Waals surface area contributed by atoms with Gasteiger partial charge in [0.25, 0.3) is 0 Å². The van der Waals surface area contributed by atoms with E-state index in [0.717, 1.165) is 0 Å². The topological polar surface area (TPSA) is 252 Å². The third kappa shape index (κ3) is 5.96. The van der Waals surface area contributed by atoms with E-state index in [1.165, 1.54) is 0 Å². The van der Waals surface area contributed by atoms with Crippen LogP contribution in [0.5, 0.6) is 0 Å². The molecule has 0 aliphatic heterocycles. The van der Waals surface area contributed by atoms with E-state index in [4.69, 9.17) is 24.7 Å². The monoisotopic (exact) mass is 372 g/mol. The SMILES string of the molecule is O=C(O)C(O)(COP(=O)(O)O)C(O)(O)C(O)COP(=O)(O)O. The summed E-state index contributed by atoms with van der Waals surface area (Å²) in [5.41, 5.74) is -3.87. The summed E-state index contributed by atoms with van der Waals surface area (Å²) in [6.45, 7) is -3.42. The summed E-state index contributed by atoms with van der Waals surface area (Å²) in [5.74, 6) is -6.52. The van der Waals surface area contributed by atoms with Crippen LogP contribution in [-0.4, -0.2) is 81.8 Å². The number of aliphatic hydroxyl groups is 4. The van der Waals surface area contributed by atoms with Gasteiger partial charge in [-0.15, -0.1) is 0 Å². The molecule has 0 aromatic carbocycles. The average Bonchev–Trinajstić information content (AvgIpc) is 2.30. The molecule has 0 aromatic heterocycles. The second-order valence-corrected chi connectivity index (χ2v) is 6.44. The first-order valence-electron chi connectivity index (χ1n) is 5.01. The summed E-state index contributed by atoms with van der Waals surface area (Å²) in [7, 11) is -10.5. The fraction of sp³-hybridized carbons (Fsp3) is 0.833. The molecule has 16 heteroatoms. The molecule has 22 heavy (non-hydrogen) atoms. The minimum absolute atomic E-state index is 1.54. The van der Waals surface area contributed by atoms with Gasteiger partial charge in [0.15, 0.2) is 0 Å². The molecule has 0 heterocycles. The van der Waals surface area contributed by atoms with Gasteiger partial charge in [-0.1, -0.05) is 0 Å². The molecule has 14 nitrogen and oxygen atoms in total. The highest BCUT2D eigenvalue weighted by atomic mass is 31.2. The van der Waals surface area contributed by atoms with Crippen molar-refractivity contribution in [3.8, 4) is 0 Å². The molecule has 0 saturated heterocycles. The van der Waals surface area contributed by atoms with Crippen LogP contribution in [0.4, 0.5) is 0 Å². The fourth-order valence-electron chi connectivity index (χ4n) is 1.06. The van der Waals surface area contributed by atoms with Crippen molar-refractivity contribution in [2.75, 3.05) is 13.2 Å². The van der Waals surface area contributed by atoms with Crippen molar-refractivity contribution in [3.63, 3.8) is 0 Å². The van der Waals surface area contributed by atoms with Crippen molar-refractivity contribution in [3.05, 3.63) is 0 Å². The lowest BCUT2D eigenvalue weighted by molar-refractivity contribution is -0.318. The number of carboxylic acids is 1. The molecule has 0 aliphatic rings. The number of aliphatic hydroxyl groups excluding tert-OH is 1. The Hall–Kier alpha value is -0.470. The quantitative estimate of drug-likeness (QED) is 0.138. The highest BCUT2D eigenvalue weighted by molar-refractivity contribution is 7.46. The molecule has 9 N–H and O–H groups in total. The Morgan fingerprint density at radius 2 is 1.41 bits per heavy atom. The lowest BCUT2D eigenvalue weighted by atomic mass is 9.89. The van der Waals surface area contributed by atoms with Crippen LogP contribution in [0.25, 0.3) is 0 Å². The molecule has 2 atom stereocenters. The number of hydrogen-bond acceptors (Lipinski definition) is 9. The molecule has 2 unspecified atom stereocenters. The molecule has 0 amide bonds.